The van der Waals surface area contributed by atoms with E-state index in [1.54, 1.807) is 24.3 Å². The van der Waals surface area contributed by atoms with Gasteiger partial charge in [-0.3, -0.25) is 14.2 Å². The van der Waals surface area contributed by atoms with Crippen molar-refractivity contribution in [3.8, 4) is 0 Å². The highest BCUT2D eigenvalue weighted by Crippen LogP contribution is 2.60. The Morgan fingerprint density at radius 3 is 2.42 bits per heavy atom. The minimum absolute atomic E-state index is 0.00199. The third-order valence-corrected chi connectivity index (χ3v) is 7.36. The molecule has 0 saturated heterocycles. The molecule has 31 heavy (non-hydrogen) atoms. The Balaban J connectivity index is 1.13. The molecule has 1 N–H and O–H groups in total. The number of rotatable bonds is 7. The lowest BCUT2D eigenvalue weighted by Crippen LogP contribution is -2.53. The Hall–Kier alpha value is -2.51. The monoisotopic (exact) mass is 431 g/mol. The Bertz CT molecular complexity index is 968. The lowest BCUT2D eigenvalue weighted by atomic mass is 9.49. The molecule has 8 heteroatoms. The van der Waals surface area contributed by atoms with Gasteiger partial charge >= 0.3 is 12.5 Å². The standard InChI is InChI=1S/C23H27F2N3O3/c24-22(25)28-18-4-2-1-3-17(18)27-19(28)13-31-20(29)5-6-26-21(30)23-10-14-7-15(11-23)9-16(8-14)12-23/h1-4,14-16,22H,5-13H2,(H,26,30). The molecule has 1 heterocycles. The van der Waals surface area contributed by atoms with Gasteiger partial charge in [0.05, 0.1) is 17.5 Å². The number of alkyl halides is 2. The molecular weight excluding hydrogens is 404 g/mol. The van der Waals surface area contributed by atoms with E-state index < -0.39 is 12.5 Å². The van der Waals surface area contributed by atoms with Crippen LogP contribution in [-0.4, -0.2) is 28.0 Å². The number of imidazole rings is 1. The third kappa shape index (κ3) is 3.81. The summed E-state index contributed by atoms with van der Waals surface area (Å²) in [5.41, 5.74) is 0.476. The lowest BCUT2D eigenvalue weighted by Gasteiger charge is -2.55. The average molecular weight is 431 g/mol. The van der Waals surface area contributed by atoms with Crippen molar-refractivity contribution >= 4 is 22.9 Å². The fourth-order valence-electron chi connectivity index (χ4n) is 6.49. The number of esters is 1. The number of hydrogen-bond acceptors (Lipinski definition) is 4. The maximum atomic E-state index is 13.5. The van der Waals surface area contributed by atoms with Gasteiger partial charge in [-0.2, -0.15) is 8.78 Å². The Kier molecular flexibility index (Phi) is 5.18. The van der Waals surface area contributed by atoms with E-state index in [2.05, 4.69) is 10.3 Å². The van der Waals surface area contributed by atoms with Crippen molar-refractivity contribution in [1.82, 2.24) is 14.9 Å². The number of carbonyl (C=O) groups is 2. The third-order valence-electron chi connectivity index (χ3n) is 7.36. The number of para-hydroxylation sites is 2. The van der Waals surface area contributed by atoms with E-state index in [0.717, 1.165) is 23.8 Å². The first-order chi connectivity index (χ1) is 14.9. The molecule has 0 spiro atoms. The molecule has 0 unspecified atom stereocenters. The first-order valence-corrected chi connectivity index (χ1v) is 11.1. The molecule has 1 aromatic heterocycles. The van der Waals surface area contributed by atoms with Crippen LogP contribution in [0.1, 0.15) is 57.3 Å². The molecule has 4 aliphatic carbocycles. The molecule has 6 rings (SSSR count). The summed E-state index contributed by atoms with van der Waals surface area (Å²) >= 11 is 0. The Morgan fingerprint density at radius 1 is 1.13 bits per heavy atom. The second kappa shape index (κ2) is 7.88. The van der Waals surface area contributed by atoms with Crippen molar-refractivity contribution < 1.29 is 23.1 Å². The molecular formula is C23H27F2N3O3. The number of nitrogens with one attached hydrogen (secondary N) is 1. The summed E-state index contributed by atoms with van der Waals surface area (Å²) in [6.07, 6.45) is 6.72. The quantitative estimate of drug-likeness (QED) is 0.667. The van der Waals surface area contributed by atoms with Crippen molar-refractivity contribution in [2.45, 2.75) is 58.1 Å². The molecule has 0 aliphatic heterocycles. The largest absolute Gasteiger partial charge is 0.457 e. The number of hydrogen-bond donors (Lipinski definition) is 1. The average Bonchev–Trinajstić information content (AvgIpc) is 3.10. The highest BCUT2D eigenvalue weighted by molar-refractivity contribution is 5.83. The fraction of sp³-hybridized carbons (Fsp3) is 0.609. The summed E-state index contributed by atoms with van der Waals surface area (Å²) in [5, 5.41) is 2.94. The summed E-state index contributed by atoms with van der Waals surface area (Å²) in [4.78, 5) is 29.2. The minimum atomic E-state index is -2.78. The van der Waals surface area contributed by atoms with Gasteiger partial charge < -0.3 is 10.1 Å². The zero-order valence-electron chi connectivity index (χ0n) is 17.4. The van der Waals surface area contributed by atoms with Gasteiger partial charge in [-0.25, -0.2) is 4.98 Å². The van der Waals surface area contributed by atoms with Gasteiger partial charge in [0.2, 0.25) is 5.91 Å². The number of aromatic nitrogens is 2. The first-order valence-electron chi connectivity index (χ1n) is 11.1. The van der Waals surface area contributed by atoms with Gasteiger partial charge in [0, 0.05) is 12.0 Å². The number of amides is 1. The van der Waals surface area contributed by atoms with E-state index >= 15 is 0 Å². The van der Waals surface area contributed by atoms with Crippen LogP contribution in [0.4, 0.5) is 8.78 Å². The number of halogens is 2. The summed E-state index contributed by atoms with van der Waals surface area (Å²) in [5.74, 6) is 1.56. The Morgan fingerprint density at radius 2 is 1.77 bits per heavy atom. The fourth-order valence-corrected chi connectivity index (χ4v) is 6.49. The van der Waals surface area contributed by atoms with Gasteiger partial charge in [-0.15, -0.1) is 0 Å². The van der Waals surface area contributed by atoms with Crippen LogP contribution in [0.5, 0.6) is 0 Å². The number of carbonyl (C=O) groups excluding carboxylic acids is 2. The number of nitrogens with zero attached hydrogens (tertiary/aromatic N) is 2. The molecule has 4 aliphatic rings. The van der Waals surface area contributed by atoms with Gasteiger partial charge in [0.15, 0.2) is 5.82 Å². The second-order valence-electron chi connectivity index (χ2n) is 9.53. The molecule has 4 fully saturated rings. The van der Waals surface area contributed by atoms with Crippen LogP contribution >= 0.6 is 0 Å². The van der Waals surface area contributed by atoms with Crippen LogP contribution in [0.3, 0.4) is 0 Å². The summed E-state index contributed by atoms with van der Waals surface area (Å²) < 4.78 is 32.9. The van der Waals surface area contributed by atoms with Gasteiger partial charge in [-0.05, 0) is 68.4 Å². The molecule has 6 nitrogen and oxygen atoms in total. The van der Waals surface area contributed by atoms with E-state index in [4.69, 9.17) is 4.74 Å². The van der Waals surface area contributed by atoms with Gasteiger partial charge in [-0.1, -0.05) is 12.1 Å². The molecule has 2 aromatic rings. The van der Waals surface area contributed by atoms with E-state index in [1.807, 2.05) is 0 Å². The van der Waals surface area contributed by atoms with Crippen molar-refractivity contribution in [2.75, 3.05) is 6.54 Å². The maximum Gasteiger partial charge on any atom is 0.320 e. The smallest absolute Gasteiger partial charge is 0.320 e. The number of benzene rings is 1. The number of ether oxygens (including phenoxy) is 1. The Labute approximate surface area is 179 Å². The predicted molar refractivity (Wildman–Crippen MR) is 109 cm³/mol. The van der Waals surface area contributed by atoms with Gasteiger partial charge in [0.25, 0.3) is 0 Å². The van der Waals surface area contributed by atoms with E-state index in [9.17, 15) is 18.4 Å². The van der Waals surface area contributed by atoms with Crippen molar-refractivity contribution in [3.63, 3.8) is 0 Å². The van der Waals surface area contributed by atoms with E-state index in [-0.39, 0.29) is 36.7 Å². The van der Waals surface area contributed by atoms with Crippen molar-refractivity contribution in [1.29, 1.82) is 0 Å². The summed E-state index contributed by atoms with van der Waals surface area (Å²) in [6.45, 7) is -2.91. The van der Waals surface area contributed by atoms with Gasteiger partial charge in [0.1, 0.15) is 6.61 Å². The van der Waals surface area contributed by atoms with Crippen LogP contribution in [0.25, 0.3) is 11.0 Å². The predicted octanol–water partition coefficient (Wildman–Crippen LogP) is 4.20. The maximum absolute atomic E-state index is 13.5. The topological polar surface area (TPSA) is 73.2 Å². The molecule has 4 saturated carbocycles. The zero-order chi connectivity index (χ0) is 21.6. The van der Waals surface area contributed by atoms with E-state index in [1.165, 1.54) is 19.3 Å². The molecule has 166 valence electrons. The molecule has 0 atom stereocenters. The number of fused-ring (bicyclic) bond motifs is 1. The van der Waals surface area contributed by atoms with E-state index in [0.29, 0.717) is 28.8 Å². The highest BCUT2D eigenvalue weighted by Gasteiger charge is 2.54. The highest BCUT2D eigenvalue weighted by atomic mass is 19.3. The second-order valence-corrected chi connectivity index (χ2v) is 9.53. The van der Waals surface area contributed by atoms with Crippen molar-refractivity contribution in [2.24, 2.45) is 23.2 Å². The van der Waals surface area contributed by atoms with Crippen LogP contribution in [0, 0.1) is 23.2 Å². The normalized spacial score (nSPS) is 28.9. The molecule has 1 amide bonds. The van der Waals surface area contributed by atoms with Crippen LogP contribution < -0.4 is 5.32 Å². The van der Waals surface area contributed by atoms with Crippen LogP contribution in [0.2, 0.25) is 0 Å². The van der Waals surface area contributed by atoms with Crippen LogP contribution in [-0.2, 0) is 20.9 Å². The van der Waals surface area contributed by atoms with Crippen molar-refractivity contribution in [3.05, 3.63) is 30.1 Å². The SMILES string of the molecule is O=C(CCNC(=O)C12CC3CC(CC(C3)C1)C2)OCc1nc2ccccc2n1C(F)F. The molecule has 4 bridgehead atoms. The summed E-state index contributed by atoms with van der Waals surface area (Å²) in [7, 11) is 0. The lowest BCUT2D eigenvalue weighted by molar-refractivity contribution is -0.147. The zero-order valence-corrected chi connectivity index (χ0v) is 17.4. The molecule has 0 radical (unpaired) electrons. The summed E-state index contributed by atoms with van der Waals surface area (Å²) in [6, 6.07) is 6.57. The molecule has 1 aromatic carbocycles. The minimum Gasteiger partial charge on any atom is -0.457 e. The first kappa shape index (κ1) is 20.4. The van der Waals surface area contributed by atoms with Crippen LogP contribution in [0.15, 0.2) is 24.3 Å².